The van der Waals surface area contributed by atoms with Gasteiger partial charge in [-0.3, -0.25) is 0 Å². The van der Waals surface area contributed by atoms with Gasteiger partial charge in [0.25, 0.3) is 0 Å². The first kappa shape index (κ1) is 10.5. The van der Waals surface area contributed by atoms with Crippen molar-refractivity contribution >= 4 is 5.97 Å². The minimum atomic E-state index is -0.906. The topological polar surface area (TPSA) is 53.1 Å². The Balaban J connectivity index is 2.59. The summed E-state index contributed by atoms with van der Waals surface area (Å²) in [6.07, 6.45) is 3.23. The van der Waals surface area contributed by atoms with Crippen LogP contribution < -0.4 is 0 Å². The van der Waals surface area contributed by atoms with Gasteiger partial charge in [-0.15, -0.1) is 0 Å². The smallest absolute Gasteiger partial charge is 0.337 e. The summed E-state index contributed by atoms with van der Waals surface area (Å²) in [5, 5.41) is 9.04. The number of carboxylic acid groups (broad SMARTS) is 1. The predicted octanol–water partition coefficient (Wildman–Crippen LogP) is 3.00. The van der Waals surface area contributed by atoms with E-state index in [9.17, 15) is 4.79 Å². The number of aromatic nitrogens is 1. The second-order valence-electron chi connectivity index (χ2n) is 3.91. The summed E-state index contributed by atoms with van der Waals surface area (Å²) in [6.45, 7) is 4.01. The molecule has 0 aliphatic carbocycles. The maximum Gasteiger partial charge on any atom is 0.337 e. The highest BCUT2D eigenvalue weighted by Gasteiger charge is 2.13. The number of carbonyl (C=O) groups is 1. The van der Waals surface area contributed by atoms with Gasteiger partial charge in [-0.2, -0.15) is 0 Å². The first-order valence-corrected chi connectivity index (χ1v) is 5.07. The van der Waals surface area contributed by atoms with Gasteiger partial charge in [0.05, 0.1) is 5.56 Å². The summed E-state index contributed by atoms with van der Waals surface area (Å²) in [7, 11) is 0. The fraction of sp³-hybridized carbons (Fsp3) is 0.154. The zero-order valence-electron chi connectivity index (χ0n) is 9.24. The van der Waals surface area contributed by atoms with E-state index in [0.717, 1.165) is 16.7 Å². The van der Waals surface area contributed by atoms with E-state index >= 15 is 0 Å². The van der Waals surface area contributed by atoms with Gasteiger partial charge < -0.3 is 10.1 Å². The Morgan fingerprint density at radius 2 is 1.94 bits per heavy atom. The molecular weight excluding hydrogens is 202 g/mol. The summed E-state index contributed by atoms with van der Waals surface area (Å²) in [6, 6.07) is 6.00. The van der Waals surface area contributed by atoms with Gasteiger partial charge in [0, 0.05) is 18.0 Å². The van der Waals surface area contributed by atoms with E-state index in [4.69, 9.17) is 5.11 Å². The number of aryl methyl sites for hydroxylation is 2. The largest absolute Gasteiger partial charge is 0.478 e. The maximum absolute atomic E-state index is 11.0. The second-order valence-corrected chi connectivity index (χ2v) is 3.91. The molecule has 0 radical (unpaired) electrons. The number of aromatic amines is 1. The normalized spacial score (nSPS) is 10.4. The van der Waals surface area contributed by atoms with Crippen molar-refractivity contribution in [1.82, 2.24) is 4.98 Å². The number of benzene rings is 1. The lowest BCUT2D eigenvalue weighted by atomic mass is 9.98. The van der Waals surface area contributed by atoms with Crippen LogP contribution in [0.4, 0.5) is 0 Å². The van der Waals surface area contributed by atoms with E-state index < -0.39 is 5.97 Å². The van der Waals surface area contributed by atoms with Crippen LogP contribution in [0.15, 0.2) is 30.6 Å². The first-order valence-electron chi connectivity index (χ1n) is 5.07. The van der Waals surface area contributed by atoms with Gasteiger partial charge >= 0.3 is 5.97 Å². The quantitative estimate of drug-likeness (QED) is 0.809. The monoisotopic (exact) mass is 215 g/mol. The van der Waals surface area contributed by atoms with E-state index in [1.165, 1.54) is 11.8 Å². The fourth-order valence-corrected chi connectivity index (χ4v) is 1.88. The zero-order valence-corrected chi connectivity index (χ0v) is 9.24. The van der Waals surface area contributed by atoms with Crippen molar-refractivity contribution in [1.29, 1.82) is 0 Å². The molecule has 3 heteroatoms. The molecule has 2 rings (SSSR count). The van der Waals surface area contributed by atoms with Crippen LogP contribution in [0.3, 0.4) is 0 Å². The van der Waals surface area contributed by atoms with Crippen LogP contribution >= 0.6 is 0 Å². The van der Waals surface area contributed by atoms with Gasteiger partial charge in [0.1, 0.15) is 0 Å². The number of hydrogen-bond acceptors (Lipinski definition) is 1. The molecular formula is C13H13NO2. The third kappa shape index (κ3) is 1.72. The Hall–Kier alpha value is -2.03. The highest BCUT2D eigenvalue weighted by Crippen LogP contribution is 2.27. The predicted molar refractivity (Wildman–Crippen MR) is 62.7 cm³/mol. The van der Waals surface area contributed by atoms with Crippen molar-refractivity contribution in [2.24, 2.45) is 0 Å². The van der Waals surface area contributed by atoms with Crippen LogP contribution in [-0.2, 0) is 0 Å². The molecule has 0 saturated carbocycles. The Bertz CT molecular complexity index is 541. The summed E-state index contributed by atoms with van der Waals surface area (Å²) in [4.78, 5) is 13.9. The van der Waals surface area contributed by atoms with Crippen LogP contribution in [-0.4, -0.2) is 16.1 Å². The lowest BCUT2D eigenvalue weighted by Gasteiger charge is -2.06. The minimum Gasteiger partial charge on any atom is -0.478 e. The van der Waals surface area contributed by atoms with E-state index in [2.05, 4.69) is 4.98 Å². The highest BCUT2D eigenvalue weighted by molar-refractivity contribution is 5.96. The summed E-state index contributed by atoms with van der Waals surface area (Å²) in [5.74, 6) is -0.906. The Morgan fingerprint density at radius 3 is 2.56 bits per heavy atom. The van der Waals surface area contributed by atoms with Crippen LogP contribution in [0.25, 0.3) is 11.1 Å². The van der Waals surface area contributed by atoms with E-state index in [1.807, 2.05) is 32.0 Å². The fourth-order valence-electron chi connectivity index (χ4n) is 1.88. The molecule has 0 aliphatic rings. The van der Waals surface area contributed by atoms with Gasteiger partial charge in [0.15, 0.2) is 0 Å². The minimum absolute atomic E-state index is 0.312. The van der Waals surface area contributed by atoms with Crippen LogP contribution in [0.1, 0.15) is 21.5 Å². The van der Waals surface area contributed by atoms with Crippen LogP contribution in [0, 0.1) is 13.8 Å². The lowest BCUT2D eigenvalue weighted by molar-refractivity contribution is 0.0698. The number of rotatable bonds is 2. The summed E-state index contributed by atoms with van der Waals surface area (Å²) in [5.41, 5.74) is 4.27. The molecule has 0 aliphatic heterocycles. The highest BCUT2D eigenvalue weighted by atomic mass is 16.4. The van der Waals surface area contributed by atoms with Crippen LogP contribution in [0.5, 0.6) is 0 Å². The molecule has 0 saturated heterocycles. The first-order chi connectivity index (χ1) is 7.59. The molecule has 82 valence electrons. The third-order valence-corrected chi connectivity index (χ3v) is 2.65. The van der Waals surface area contributed by atoms with Crippen LogP contribution in [0.2, 0.25) is 0 Å². The number of hydrogen-bond donors (Lipinski definition) is 2. The number of H-pyrrole nitrogens is 1. The number of aromatic carboxylic acids is 1. The van der Waals surface area contributed by atoms with Crippen molar-refractivity contribution in [3.63, 3.8) is 0 Å². The van der Waals surface area contributed by atoms with Crippen molar-refractivity contribution in [3.8, 4) is 11.1 Å². The van der Waals surface area contributed by atoms with E-state index in [0.29, 0.717) is 5.56 Å². The number of carboxylic acids is 1. The van der Waals surface area contributed by atoms with Crippen molar-refractivity contribution in [2.45, 2.75) is 13.8 Å². The Labute approximate surface area is 93.7 Å². The van der Waals surface area contributed by atoms with Crippen molar-refractivity contribution in [3.05, 3.63) is 47.3 Å². The number of nitrogens with one attached hydrogen (secondary N) is 1. The lowest BCUT2D eigenvalue weighted by Crippen LogP contribution is -1.96. The average Bonchev–Trinajstić information content (AvgIpc) is 2.66. The molecule has 0 atom stereocenters. The standard InChI is InChI=1S/C13H13NO2/c1-8-3-4-10(9(2)5-8)11-6-14-7-12(11)13(15)16/h3-7,14H,1-2H3,(H,15,16). The second kappa shape index (κ2) is 3.85. The molecule has 0 fully saturated rings. The van der Waals surface area contributed by atoms with Gasteiger partial charge in [-0.1, -0.05) is 23.8 Å². The molecule has 16 heavy (non-hydrogen) atoms. The molecule has 0 bridgehead atoms. The molecule has 3 nitrogen and oxygen atoms in total. The SMILES string of the molecule is Cc1ccc(-c2c[nH]cc2C(=O)O)c(C)c1. The molecule has 1 heterocycles. The van der Waals surface area contributed by atoms with E-state index in [1.54, 1.807) is 6.20 Å². The van der Waals surface area contributed by atoms with Crippen molar-refractivity contribution in [2.75, 3.05) is 0 Å². The molecule has 0 spiro atoms. The average molecular weight is 215 g/mol. The molecule has 1 aromatic heterocycles. The Kier molecular flexibility index (Phi) is 2.52. The van der Waals surface area contributed by atoms with E-state index in [-0.39, 0.29) is 0 Å². The van der Waals surface area contributed by atoms with Gasteiger partial charge in [-0.05, 0) is 25.0 Å². The molecule has 0 unspecified atom stereocenters. The molecule has 1 aromatic carbocycles. The summed E-state index contributed by atoms with van der Waals surface area (Å²) < 4.78 is 0. The third-order valence-electron chi connectivity index (χ3n) is 2.65. The molecule has 0 amide bonds. The maximum atomic E-state index is 11.0. The Morgan fingerprint density at radius 1 is 1.19 bits per heavy atom. The summed E-state index contributed by atoms with van der Waals surface area (Å²) >= 11 is 0. The molecule has 2 aromatic rings. The molecule has 2 N–H and O–H groups in total. The van der Waals surface area contributed by atoms with Gasteiger partial charge in [0.2, 0.25) is 0 Å². The van der Waals surface area contributed by atoms with Crippen molar-refractivity contribution < 1.29 is 9.90 Å². The van der Waals surface area contributed by atoms with Gasteiger partial charge in [-0.25, -0.2) is 4.79 Å². The zero-order chi connectivity index (χ0) is 11.7.